The van der Waals surface area contributed by atoms with Gasteiger partial charge in [-0.25, -0.2) is 8.42 Å². The van der Waals surface area contributed by atoms with Gasteiger partial charge in [-0.3, -0.25) is 19.2 Å². The molecule has 0 radical (unpaired) electrons. The van der Waals surface area contributed by atoms with E-state index in [4.69, 9.17) is 0 Å². The van der Waals surface area contributed by atoms with E-state index < -0.39 is 20.9 Å². The summed E-state index contributed by atoms with van der Waals surface area (Å²) in [7, 11) is -3.30. The van der Waals surface area contributed by atoms with E-state index in [1.807, 2.05) is 0 Å². The number of sulfonamides is 1. The molecule has 0 unspecified atom stereocenters. The van der Waals surface area contributed by atoms with Crippen molar-refractivity contribution in [1.82, 2.24) is 0 Å². The lowest BCUT2D eigenvalue weighted by atomic mass is 10.1. The lowest BCUT2D eigenvalue weighted by molar-refractivity contribution is -0.385. The van der Waals surface area contributed by atoms with Gasteiger partial charge >= 0.3 is 0 Å². The van der Waals surface area contributed by atoms with E-state index in [0.717, 1.165) is 6.42 Å². The number of para-hydroxylation sites is 1. The molecule has 0 atom stereocenters. The summed E-state index contributed by atoms with van der Waals surface area (Å²) in [6, 6.07) is 12.0. The topological polar surface area (TPSA) is 110 Å². The van der Waals surface area contributed by atoms with Gasteiger partial charge in [0.15, 0.2) is 0 Å². The van der Waals surface area contributed by atoms with Gasteiger partial charge in [-0.1, -0.05) is 12.1 Å². The zero-order valence-corrected chi connectivity index (χ0v) is 14.6. The highest BCUT2D eigenvalue weighted by atomic mass is 32.2. The number of carbonyl (C=O) groups is 1. The molecule has 2 aromatic rings. The number of nitrogens with one attached hydrogen (secondary N) is 1. The molecule has 0 aliphatic carbocycles. The summed E-state index contributed by atoms with van der Waals surface area (Å²) in [6.07, 6.45) is 1.46. The monoisotopic (exact) mass is 375 g/mol. The van der Waals surface area contributed by atoms with E-state index in [0.29, 0.717) is 24.3 Å². The Hall–Kier alpha value is -2.94. The zero-order chi connectivity index (χ0) is 18.7. The molecule has 1 amide bonds. The first kappa shape index (κ1) is 17.9. The van der Waals surface area contributed by atoms with Gasteiger partial charge in [0.05, 0.1) is 16.4 Å². The van der Waals surface area contributed by atoms with Gasteiger partial charge in [0.2, 0.25) is 10.0 Å². The Bertz CT molecular complexity index is 941. The molecule has 0 spiro atoms. The Morgan fingerprint density at radius 1 is 1.08 bits per heavy atom. The van der Waals surface area contributed by atoms with Crippen molar-refractivity contribution in [3.8, 4) is 0 Å². The number of benzene rings is 2. The summed E-state index contributed by atoms with van der Waals surface area (Å²) in [5, 5.41) is 13.6. The number of hydrogen-bond acceptors (Lipinski definition) is 5. The molecule has 9 heteroatoms. The second kappa shape index (κ2) is 7.12. The van der Waals surface area contributed by atoms with Crippen molar-refractivity contribution in [1.29, 1.82) is 0 Å². The van der Waals surface area contributed by atoms with Crippen LogP contribution >= 0.6 is 0 Å². The third-order valence-corrected chi connectivity index (χ3v) is 5.98. The number of nitro groups is 1. The van der Waals surface area contributed by atoms with E-state index in [9.17, 15) is 23.3 Å². The molecule has 136 valence electrons. The van der Waals surface area contributed by atoms with Crippen LogP contribution in [0.3, 0.4) is 0 Å². The quantitative estimate of drug-likeness (QED) is 0.653. The fourth-order valence-electron chi connectivity index (χ4n) is 2.81. The summed E-state index contributed by atoms with van der Waals surface area (Å²) >= 11 is 0. The minimum absolute atomic E-state index is 0.0415. The average Bonchev–Trinajstić information content (AvgIpc) is 2.62. The Morgan fingerprint density at radius 3 is 2.42 bits per heavy atom. The molecule has 0 bridgehead atoms. The van der Waals surface area contributed by atoms with Crippen LogP contribution in [-0.4, -0.2) is 31.5 Å². The third-order valence-electron chi connectivity index (χ3n) is 4.11. The van der Waals surface area contributed by atoms with Crippen molar-refractivity contribution in [3.63, 3.8) is 0 Å². The highest BCUT2D eigenvalue weighted by Crippen LogP contribution is 2.25. The molecule has 1 heterocycles. The van der Waals surface area contributed by atoms with Gasteiger partial charge in [0.25, 0.3) is 11.6 Å². The second-order valence-corrected chi connectivity index (χ2v) is 7.88. The number of nitro benzene ring substituents is 1. The lowest BCUT2D eigenvalue weighted by Crippen LogP contribution is -2.37. The Labute approximate surface area is 150 Å². The van der Waals surface area contributed by atoms with E-state index in [1.54, 1.807) is 30.3 Å². The fourth-order valence-corrected chi connectivity index (χ4v) is 4.45. The molecule has 1 aliphatic heterocycles. The van der Waals surface area contributed by atoms with Crippen molar-refractivity contribution >= 4 is 33.0 Å². The molecular weight excluding hydrogens is 358 g/mol. The number of carbonyl (C=O) groups excluding carboxylic acids is 1. The maximum atomic E-state index is 12.3. The van der Waals surface area contributed by atoms with Crippen molar-refractivity contribution in [2.24, 2.45) is 0 Å². The summed E-state index contributed by atoms with van der Waals surface area (Å²) in [6.45, 7) is 0.435. The van der Waals surface area contributed by atoms with Crippen LogP contribution < -0.4 is 9.62 Å². The standard InChI is InChI=1S/C17H17N3O5S/c21-17(15-5-1-2-6-16(15)20(22)23)18-13-7-9-14(10-8-13)19-11-3-4-12-26(19,24)25/h1-2,5-10H,3-4,11-12H2,(H,18,21). The molecule has 26 heavy (non-hydrogen) atoms. The maximum absolute atomic E-state index is 12.3. The van der Waals surface area contributed by atoms with Gasteiger partial charge in [0.1, 0.15) is 5.56 Å². The van der Waals surface area contributed by atoms with Gasteiger partial charge in [0, 0.05) is 18.3 Å². The highest BCUT2D eigenvalue weighted by Gasteiger charge is 2.26. The summed E-state index contributed by atoms with van der Waals surface area (Å²) < 4.78 is 25.6. The molecule has 0 aromatic heterocycles. The number of rotatable bonds is 4. The molecule has 1 N–H and O–H groups in total. The molecule has 1 saturated heterocycles. The van der Waals surface area contributed by atoms with Crippen LogP contribution in [0.15, 0.2) is 48.5 Å². The number of nitrogens with zero attached hydrogens (tertiary/aromatic N) is 2. The normalized spacial score (nSPS) is 16.1. The van der Waals surface area contributed by atoms with Crippen molar-refractivity contribution < 1.29 is 18.1 Å². The van der Waals surface area contributed by atoms with Crippen LogP contribution in [0, 0.1) is 10.1 Å². The minimum Gasteiger partial charge on any atom is -0.322 e. The molecule has 0 saturated carbocycles. The Morgan fingerprint density at radius 2 is 1.77 bits per heavy atom. The minimum atomic E-state index is -3.30. The van der Waals surface area contributed by atoms with Crippen molar-refractivity contribution in [2.75, 3.05) is 21.9 Å². The van der Waals surface area contributed by atoms with E-state index >= 15 is 0 Å². The van der Waals surface area contributed by atoms with Gasteiger partial charge < -0.3 is 5.32 Å². The van der Waals surface area contributed by atoms with Gasteiger partial charge in [-0.05, 0) is 43.2 Å². The van der Waals surface area contributed by atoms with Crippen LogP contribution in [0.5, 0.6) is 0 Å². The SMILES string of the molecule is O=C(Nc1ccc(N2CCCCS2(=O)=O)cc1)c1ccccc1[N+](=O)[O-]. The highest BCUT2D eigenvalue weighted by molar-refractivity contribution is 7.92. The van der Waals surface area contributed by atoms with Crippen molar-refractivity contribution in [3.05, 3.63) is 64.2 Å². The van der Waals surface area contributed by atoms with E-state index in [-0.39, 0.29) is 17.0 Å². The van der Waals surface area contributed by atoms with Crippen LogP contribution in [0.1, 0.15) is 23.2 Å². The van der Waals surface area contributed by atoms with Crippen LogP contribution in [0.2, 0.25) is 0 Å². The largest absolute Gasteiger partial charge is 0.322 e. The van der Waals surface area contributed by atoms with E-state index in [2.05, 4.69) is 5.32 Å². The predicted molar refractivity (Wildman–Crippen MR) is 97.9 cm³/mol. The summed E-state index contributed by atoms with van der Waals surface area (Å²) in [5.41, 5.74) is 0.640. The number of hydrogen-bond donors (Lipinski definition) is 1. The molecule has 8 nitrogen and oxygen atoms in total. The van der Waals surface area contributed by atoms with Crippen molar-refractivity contribution in [2.45, 2.75) is 12.8 Å². The summed E-state index contributed by atoms with van der Waals surface area (Å²) in [4.78, 5) is 22.7. The predicted octanol–water partition coefficient (Wildman–Crippen LogP) is 2.78. The first-order valence-corrected chi connectivity index (χ1v) is 9.65. The third kappa shape index (κ3) is 3.67. The smallest absolute Gasteiger partial charge is 0.282 e. The molecule has 1 aliphatic rings. The van der Waals surface area contributed by atoms with Crippen LogP contribution in [0.4, 0.5) is 17.1 Å². The fraction of sp³-hybridized carbons (Fsp3) is 0.235. The van der Waals surface area contributed by atoms with Crippen LogP contribution in [-0.2, 0) is 10.0 Å². The molecule has 2 aromatic carbocycles. The van der Waals surface area contributed by atoms with Crippen LogP contribution in [0.25, 0.3) is 0 Å². The Balaban J connectivity index is 1.78. The maximum Gasteiger partial charge on any atom is 0.282 e. The number of amides is 1. The zero-order valence-electron chi connectivity index (χ0n) is 13.8. The molecule has 3 rings (SSSR count). The second-order valence-electron chi connectivity index (χ2n) is 5.87. The summed E-state index contributed by atoms with van der Waals surface area (Å²) in [5.74, 6) is -0.473. The molecular formula is C17H17N3O5S. The Kier molecular flexibility index (Phi) is 4.90. The van der Waals surface area contributed by atoms with E-state index in [1.165, 1.54) is 22.5 Å². The van der Waals surface area contributed by atoms with Gasteiger partial charge in [-0.2, -0.15) is 0 Å². The van der Waals surface area contributed by atoms with Gasteiger partial charge in [-0.15, -0.1) is 0 Å². The molecule has 1 fully saturated rings. The lowest BCUT2D eigenvalue weighted by Gasteiger charge is -2.28. The number of anilines is 2. The first-order chi connectivity index (χ1) is 12.4. The average molecular weight is 375 g/mol. The first-order valence-electron chi connectivity index (χ1n) is 8.04.